The molecule has 0 saturated heterocycles. The summed E-state index contributed by atoms with van der Waals surface area (Å²) in [6, 6.07) is 18.2. The van der Waals surface area contributed by atoms with Crippen LogP contribution in [0.2, 0.25) is 0 Å². The van der Waals surface area contributed by atoms with E-state index in [2.05, 4.69) is 48.1 Å². The Bertz CT molecular complexity index is 987. The van der Waals surface area contributed by atoms with Crippen LogP contribution in [0.3, 0.4) is 0 Å². The molecule has 7 heteroatoms. The molecule has 3 aromatic rings. The summed E-state index contributed by atoms with van der Waals surface area (Å²) in [6.07, 6.45) is 2.34. The van der Waals surface area contributed by atoms with Gasteiger partial charge in [0.25, 0.3) is 0 Å². The van der Waals surface area contributed by atoms with Gasteiger partial charge in [-0.25, -0.2) is 0 Å². The molecule has 1 amide bonds. The molecule has 1 N–H and O–H groups in total. The molecule has 1 unspecified atom stereocenters. The average Bonchev–Trinajstić information content (AvgIpc) is 3.49. The molecule has 1 heterocycles. The highest BCUT2D eigenvalue weighted by molar-refractivity contribution is 9.10. The minimum absolute atomic E-state index is 0.0134. The van der Waals surface area contributed by atoms with E-state index in [9.17, 15) is 4.79 Å². The van der Waals surface area contributed by atoms with Crippen molar-refractivity contribution in [2.45, 2.75) is 43.4 Å². The number of aromatic nitrogens is 3. The molecule has 1 fully saturated rings. The molecule has 0 radical (unpaired) electrons. The molecule has 1 saturated carbocycles. The zero-order chi connectivity index (χ0) is 20.2. The summed E-state index contributed by atoms with van der Waals surface area (Å²) in [5.41, 5.74) is 2.28. The molecule has 150 valence electrons. The summed E-state index contributed by atoms with van der Waals surface area (Å²) in [4.78, 5) is 12.5. The first-order valence-corrected chi connectivity index (χ1v) is 11.5. The predicted octanol–water partition coefficient (Wildman–Crippen LogP) is 4.94. The Labute approximate surface area is 183 Å². The van der Waals surface area contributed by atoms with Gasteiger partial charge in [-0.1, -0.05) is 76.2 Å². The summed E-state index contributed by atoms with van der Waals surface area (Å²) in [5.74, 6) is 1.84. The first-order chi connectivity index (χ1) is 14.1. The van der Waals surface area contributed by atoms with Gasteiger partial charge in [0.05, 0.1) is 18.3 Å². The lowest BCUT2D eigenvalue weighted by Gasteiger charge is -2.16. The highest BCUT2D eigenvalue weighted by atomic mass is 79.9. The van der Waals surface area contributed by atoms with Crippen molar-refractivity contribution in [3.8, 4) is 0 Å². The molecule has 29 heavy (non-hydrogen) atoms. The Morgan fingerprint density at radius 1 is 1.17 bits per heavy atom. The maximum atomic E-state index is 12.5. The van der Waals surface area contributed by atoms with Gasteiger partial charge >= 0.3 is 0 Å². The summed E-state index contributed by atoms with van der Waals surface area (Å²) < 4.78 is 3.17. The fraction of sp³-hybridized carbons (Fsp3) is 0.318. The Morgan fingerprint density at radius 2 is 1.90 bits per heavy atom. The van der Waals surface area contributed by atoms with Crippen LogP contribution in [0.5, 0.6) is 0 Å². The van der Waals surface area contributed by atoms with Gasteiger partial charge in [0.1, 0.15) is 5.82 Å². The monoisotopic (exact) mass is 470 g/mol. The van der Waals surface area contributed by atoms with Crippen LogP contribution in [0.15, 0.2) is 64.2 Å². The third kappa shape index (κ3) is 5.08. The first-order valence-electron chi connectivity index (χ1n) is 9.75. The molecule has 0 bridgehead atoms. The van der Waals surface area contributed by atoms with Crippen LogP contribution >= 0.6 is 27.7 Å². The van der Waals surface area contributed by atoms with E-state index in [1.165, 1.54) is 30.2 Å². The smallest absolute Gasteiger partial charge is 0.230 e. The first kappa shape index (κ1) is 20.2. The second-order valence-electron chi connectivity index (χ2n) is 7.29. The predicted molar refractivity (Wildman–Crippen MR) is 119 cm³/mol. The molecule has 0 spiro atoms. The van der Waals surface area contributed by atoms with E-state index < -0.39 is 0 Å². The molecule has 0 aliphatic heterocycles. The quantitative estimate of drug-likeness (QED) is 0.473. The lowest BCUT2D eigenvalue weighted by Crippen LogP contribution is -2.28. The third-order valence-corrected chi connectivity index (χ3v) is 6.64. The van der Waals surface area contributed by atoms with Crippen molar-refractivity contribution in [1.82, 2.24) is 20.1 Å². The maximum absolute atomic E-state index is 12.5. The van der Waals surface area contributed by atoms with Crippen LogP contribution < -0.4 is 5.32 Å². The van der Waals surface area contributed by atoms with E-state index in [0.717, 1.165) is 27.6 Å². The number of nitrogens with one attached hydrogen (secondary N) is 1. The number of carbonyl (C=O) groups is 1. The van der Waals surface area contributed by atoms with E-state index >= 15 is 0 Å². The van der Waals surface area contributed by atoms with Gasteiger partial charge < -0.3 is 9.88 Å². The fourth-order valence-corrected chi connectivity index (χ4v) is 4.67. The number of hydrogen-bond donors (Lipinski definition) is 1. The van der Waals surface area contributed by atoms with Crippen molar-refractivity contribution >= 4 is 33.6 Å². The van der Waals surface area contributed by atoms with Crippen LogP contribution in [-0.4, -0.2) is 26.4 Å². The van der Waals surface area contributed by atoms with E-state index in [1.54, 1.807) is 0 Å². The Hall–Kier alpha value is -2.12. The molecule has 1 aromatic heterocycles. The number of benzene rings is 2. The number of amides is 1. The zero-order valence-corrected chi connectivity index (χ0v) is 18.6. The highest BCUT2D eigenvalue weighted by Gasteiger charge is 2.30. The number of carbonyl (C=O) groups excluding carboxylic acids is 1. The number of nitrogens with zero attached hydrogens (tertiary/aromatic N) is 3. The largest absolute Gasteiger partial charge is 0.349 e. The third-order valence-electron chi connectivity index (χ3n) is 4.95. The fourth-order valence-electron chi connectivity index (χ4n) is 3.28. The number of thioether (sulfide) groups is 1. The van der Waals surface area contributed by atoms with Crippen molar-refractivity contribution < 1.29 is 4.79 Å². The van der Waals surface area contributed by atoms with Gasteiger partial charge in [-0.05, 0) is 37.0 Å². The summed E-state index contributed by atoms with van der Waals surface area (Å²) in [6.45, 7) is 2.72. The Balaban J connectivity index is 1.41. The topological polar surface area (TPSA) is 59.8 Å². The zero-order valence-electron chi connectivity index (χ0n) is 16.2. The van der Waals surface area contributed by atoms with Gasteiger partial charge in [-0.3, -0.25) is 4.79 Å². The van der Waals surface area contributed by atoms with Crippen LogP contribution in [-0.2, 0) is 11.3 Å². The van der Waals surface area contributed by atoms with Gasteiger partial charge in [0.15, 0.2) is 5.16 Å². The van der Waals surface area contributed by atoms with Crippen LogP contribution in [0.25, 0.3) is 0 Å². The van der Waals surface area contributed by atoms with Gasteiger partial charge in [0, 0.05) is 10.4 Å². The van der Waals surface area contributed by atoms with Crippen LogP contribution in [0.1, 0.15) is 48.7 Å². The van der Waals surface area contributed by atoms with Gasteiger partial charge in [-0.15, -0.1) is 10.2 Å². The molecule has 1 aliphatic carbocycles. The molecule has 5 nitrogen and oxygen atoms in total. The molecular weight excluding hydrogens is 448 g/mol. The maximum Gasteiger partial charge on any atom is 0.230 e. The minimum Gasteiger partial charge on any atom is -0.349 e. The molecule has 4 rings (SSSR count). The Morgan fingerprint density at radius 3 is 2.62 bits per heavy atom. The highest BCUT2D eigenvalue weighted by Crippen LogP contribution is 2.40. The lowest BCUT2D eigenvalue weighted by molar-refractivity contribution is -0.119. The molecule has 1 aliphatic rings. The van der Waals surface area contributed by atoms with E-state index in [1.807, 2.05) is 49.4 Å². The van der Waals surface area contributed by atoms with E-state index in [4.69, 9.17) is 0 Å². The second kappa shape index (κ2) is 9.13. The van der Waals surface area contributed by atoms with Crippen LogP contribution in [0, 0.1) is 0 Å². The van der Waals surface area contributed by atoms with E-state index in [0.29, 0.717) is 11.7 Å². The van der Waals surface area contributed by atoms with E-state index in [-0.39, 0.29) is 11.9 Å². The van der Waals surface area contributed by atoms with Crippen molar-refractivity contribution in [3.05, 3.63) is 76.0 Å². The van der Waals surface area contributed by atoms with Crippen molar-refractivity contribution in [3.63, 3.8) is 0 Å². The summed E-state index contributed by atoms with van der Waals surface area (Å²) in [7, 11) is 0. The number of halogens is 1. The van der Waals surface area contributed by atoms with Crippen molar-refractivity contribution in [1.29, 1.82) is 0 Å². The second-order valence-corrected chi connectivity index (χ2v) is 9.08. The molecule has 1 atom stereocenters. The molecule has 2 aromatic carbocycles. The molecular formula is C22H23BrN4OS. The standard InChI is InChI=1S/C22H23BrN4OS/c1-15(18-9-5-6-10-19(18)23)24-20(28)14-29-22-26-25-21(17-11-12-17)27(22)13-16-7-3-2-4-8-16/h2-10,15,17H,11-14H2,1H3,(H,24,28). The minimum atomic E-state index is -0.0668. The van der Waals surface area contributed by atoms with Crippen molar-refractivity contribution in [2.24, 2.45) is 0 Å². The van der Waals surface area contributed by atoms with Gasteiger partial charge in [-0.2, -0.15) is 0 Å². The summed E-state index contributed by atoms with van der Waals surface area (Å²) >= 11 is 5.00. The van der Waals surface area contributed by atoms with Crippen LogP contribution in [0.4, 0.5) is 0 Å². The lowest BCUT2D eigenvalue weighted by atomic mass is 10.1. The number of rotatable bonds is 8. The van der Waals surface area contributed by atoms with Gasteiger partial charge in [0.2, 0.25) is 5.91 Å². The van der Waals surface area contributed by atoms with Crippen molar-refractivity contribution in [2.75, 3.05) is 5.75 Å². The Kier molecular flexibility index (Phi) is 6.35. The SMILES string of the molecule is CC(NC(=O)CSc1nnc(C2CC2)n1Cc1ccccc1)c1ccccc1Br. The summed E-state index contributed by atoms with van der Waals surface area (Å²) in [5, 5.41) is 12.7. The average molecular weight is 471 g/mol. The number of hydrogen-bond acceptors (Lipinski definition) is 4. The normalized spacial score (nSPS) is 14.6.